The molecule has 0 radical (unpaired) electrons. The van der Waals surface area contributed by atoms with E-state index in [-0.39, 0.29) is 19.2 Å². The fraction of sp³-hybridized carbons (Fsp3) is 0.278. The van der Waals surface area contributed by atoms with Gasteiger partial charge >= 0.3 is 0 Å². The average Bonchev–Trinajstić information content (AvgIpc) is 3.35. The summed E-state index contributed by atoms with van der Waals surface area (Å²) in [6, 6.07) is 11.6. The van der Waals surface area contributed by atoms with E-state index in [2.05, 4.69) is 15.5 Å². The maximum atomic E-state index is 13.4. The van der Waals surface area contributed by atoms with Crippen LogP contribution in [0.25, 0.3) is 5.69 Å². The Morgan fingerprint density at radius 3 is 3.00 bits per heavy atom. The van der Waals surface area contributed by atoms with Crippen LogP contribution in [-0.4, -0.2) is 50.6 Å². The molecule has 0 amide bonds. The lowest BCUT2D eigenvalue weighted by Gasteiger charge is -2.11. The number of benzene rings is 2. The Morgan fingerprint density at radius 1 is 1.21 bits per heavy atom. The lowest BCUT2D eigenvalue weighted by atomic mass is 10.2. The van der Waals surface area contributed by atoms with E-state index < -0.39 is 6.10 Å². The normalized spacial score (nSPS) is 13.6. The number of hydrogen-bond donors (Lipinski definition) is 1. The predicted octanol–water partition coefficient (Wildman–Crippen LogP) is 2.20. The van der Waals surface area contributed by atoms with Crippen molar-refractivity contribution in [2.75, 3.05) is 19.2 Å². The summed E-state index contributed by atoms with van der Waals surface area (Å²) < 4.78 is 31.0. The minimum atomic E-state index is -0.711. The van der Waals surface area contributed by atoms with Gasteiger partial charge < -0.3 is 19.3 Å². The summed E-state index contributed by atoms with van der Waals surface area (Å²) in [6.45, 7) is 0.729. The van der Waals surface area contributed by atoms with Crippen LogP contribution in [0, 0.1) is 5.82 Å². The molecule has 1 N–H and O–H groups in total. The smallest absolute Gasteiger partial charge is 0.231 e. The van der Waals surface area contributed by atoms with Crippen LogP contribution in [0.1, 0.15) is 5.56 Å². The van der Waals surface area contributed by atoms with E-state index in [1.165, 1.54) is 28.6 Å². The maximum absolute atomic E-state index is 13.4. The average molecular weight is 404 g/mol. The Balaban J connectivity index is 1.26. The first-order valence-corrected chi connectivity index (χ1v) is 9.49. The molecule has 1 aliphatic heterocycles. The number of aromatic nitrogens is 4. The van der Waals surface area contributed by atoms with Crippen LogP contribution >= 0.6 is 11.8 Å². The van der Waals surface area contributed by atoms with Gasteiger partial charge in [0.05, 0.1) is 25.0 Å². The van der Waals surface area contributed by atoms with Gasteiger partial charge in [0.1, 0.15) is 5.82 Å². The first kappa shape index (κ1) is 18.7. The molecule has 0 aliphatic carbocycles. The number of tetrazole rings is 1. The van der Waals surface area contributed by atoms with Crippen molar-refractivity contribution in [1.29, 1.82) is 0 Å². The number of fused-ring (bicyclic) bond motifs is 1. The van der Waals surface area contributed by atoms with Crippen molar-refractivity contribution in [3.8, 4) is 17.2 Å². The molecular weight excluding hydrogens is 387 g/mol. The lowest BCUT2D eigenvalue weighted by molar-refractivity contribution is 0.0397. The minimum absolute atomic E-state index is 0.156. The van der Waals surface area contributed by atoms with E-state index in [0.717, 1.165) is 11.3 Å². The van der Waals surface area contributed by atoms with Crippen molar-refractivity contribution in [3.05, 3.63) is 53.8 Å². The van der Waals surface area contributed by atoms with Crippen molar-refractivity contribution >= 4 is 11.8 Å². The topological polar surface area (TPSA) is 91.5 Å². The highest BCUT2D eigenvalue weighted by Gasteiger charge is 2.15. The van der Waals surface area contributed by atoms with E-state index in [1.54, 1.807) is 12.1 Å². The molecule has 0 saturated heterocycles. The van der Waals surface area contributed by atoms with E-state index >= 15 is 0 Å². The first-order valence-electron chi connectivity index (χ1n) is 8.50. The van der Waals surface area contributed by atoms with Crippen molar-refractivity contribution in [2.45, 2.75) is 17.9 Å². The predicted molar refractivity (Wildman–Crippen MR) is 98.1 cm³/mol. The summed E-state index contributed by atoms with van der Waals surface area (Å²) in [5, 5.41) is 22.0. The van der Waals surface area contributed by atoms with Gasteiger partial charge in [0.15, 0.2) is 11.5 Å². The van der Waals surface area contributed by atoms with Gasteiger partial charge in [-0.1, -0.05) is 23.9 Å². The van der Waals surface area contributed by atoms with Gasteiger partial charge in [0.25, 0.3) is 0 Å². The number of aliphatic hydroxyl groups is 1. The summed E-state index contributed by atoms with van der Waals surface area (Å²) in [5.41, 5.74) is 1.44. The Bertz CT molecular complexity index is 955. The van der Waals surface area contributed by atoms with Gasteiger partial charge in [-0.2, -0.15) is 4.68 Å². The van der Waals surface area contributed by atoms with E-state index in [9.17, 15) is 9.50 Å². The molecule has 28 heavy (non-hydrogen) atoms. The van der Waals surface area contributed by atoms with E-state index in [1.807, 2.05) is 18.2 Å². The molecule has 0 spiro atoms. The molecule has 1 atom stereocenters. The Hall–Kier alpha value is -2.69. The summed E-state index contributed by atoms with van der Waals surface area (Å²) >= 11 is 1.26. The number of thioether (sulfide) groups is 1. The van der Waals surface area contributed by atoms with Crippen molar-refractivity contribution in [2.24, 2.45) is 0 Å². The number of ether oxygens (including phenoxy) is 3. The molecule has 146 valence electrons. The molecule has 0 fully saturated rings. The van der Waals surface area contributed by atoms with Gasteiger partial charge in [-0.25, -0.2) is 4.39 Å². The summed E-state index contributed by atoms with van der Waals surface area (Å²) in [6.07, 6.45) is -0.711. The van der Waals surface area contributed by atoms with Crippen LogP contribution < -0.4 is 9.47 Å². The standard InChI is InChI=1S/C18H17FN4O4S/c19-13-2-1-3-14(7-13)23-18(20-21-22-23)28-10-15(24)9-25-8-12-4-5-16-17(6-12)27-11-26-16/h1-7,15,24H,8-11H2/t15-/m0/s1. The maximum Gasteiger partial charge on any atom is 0.231 e. The highest BCUT2D eigenvalue weighted by atomic mass is 32.2. The Labute approximate surface area is 164 Å². The molecule has 10 heteroatoms. The van der Waals surface area contributed by atoms with Gasteiger partial charge in [-0.15, -0.1) is 5.10 Å². The Morgan fingerprint density at radius 2 is 2.11 bits per heavy atom. The number of rotatable bonds is 8. The van der Waals surface area contributed by atoms with Gasteiger partial charge in [-0.3, -0.25) is 0 Å². The zero-order valence-electron chi connectivity index (χ0n) is 14.7. The molecule has 2 heterocycles. The molecular formula is C18H17FN4O4S. The highest BCUT2D eigenvalue weighted by molar-refractivity contribution is 7.99. The second kappa shape index (κ2) is 8.55. The van der Waals surface area contributed by atoms with Crippen molar-refractivity contribution in [3.63, 3.8) is 0 Å². The first-order chi connectivity index (χ1) is 13.7. The largest absolute Gasteiger partial charge is 0.454 e. The monoisotopic (exact) mass is 404 g/mol. The summed E-state index contributed by atoms with van der Waals surface area (Å²) in [7, 11) is 0. The number of aliphatic hydroxyl groups excluding tert-OH is 1. The minimum Gasteiger partial charge on any atom is -0.454 e. The fourth-order valence-electron chi connectivity index (χ4n) is 2.60. The van der Waals surface area contributed by atoms with Gasteiger partial charge in [0, 0.05) is 5.75 Å². The molecule has 3 aromatic rings. The van der Waals surface area contributed by atoms with Crippen LogP contribution in [-0.2, 0) is 11.3 Å². The second-order valence-electron chi connectivity index (χ2n) is 6.02. The molecule has 0 bridgehead atoms. The highest BCUT2D eigenvalue weighted by Crippen LogP contribution is 2.32. The van der Waals surface area contributed by atoms with E-state index in [4.69, 9.17) is 14.2 Å². The van der Waals surface area contributed by atoms with Crippen LogP contribution in [0.15, 0.2) is 47.6 Å². The van der Waals surface area contributed by atoms with Crippen LogP contribution in [0.2, 0.25) is 0 Å². The third kappa shape index (κ3) is 4.41. The number of hydrogen-bond acceptors (Lipinski definition) is 8. The lowest BCUT2D eigenvalue weighted by Crippen LogP contribution is -2.18. The number of halogens is 1. The second-order valence-corrected chi connectivity index (χ2v) is 7.01. The third-order valence-electron chi connectivity index (χ3n) is 3.91. The molecule has 0 saturated carbocycles. The SMILES string of the molecule is O[C@@H](COCc1ccc2c(c1)OCO2)CSc1nnnn1-c1cccc(F)c1. The van der Waals surface area contributed by atoms with Crippen molar-refractivity contribution < 1.29 is 23.7 Å². The quantitative estimate of drug-likeness (QED) is 0.572. The fourth-order valence-corrected chi connectivity index (χ4v) is 3.40. The summed E-state index contributed by atoms with van der Waals surface area (Å²) in [4.78, 5) is 0. The molecule has 1 aliphatic rings. The zero-order chi connectivity index (χ0) is 19.3. The van der Waals surface area contributed by atoms with Crippen LogP contribution in [0.3, 0.4) is 0 Å². The zero-order valence-corrected chi connectivity index (χ0v) is 15.5. The van der Waals surface area contributed by atoms with Gasteiger partial charge in [0.2, 0.25) is 11.9 Å². The molecule has 2 aromatic carbocycles. The van der Waals surface area contributed by atoms with Crippen LogP contribution in [0.4, 0.5) is 4.39 Å². The molecule has 1 aromatic heterocycles. The Kier molecular flexibility index (Phi) is 5.70. The number of nitrogens with zero attached hydrogens (tertiary/aromatic N) is 4. The molecule has 8 nitrogen and oxygen atoms in total. The van der Waals surface area contributed by atoms with Gasteiger partial charge in [-0.05, 0) is 46.3 Å². The molecule has 4 rings (SSSR count). The van der Waals surface area contributed by atoms with Crippen LogP contribution in [0.5, 0.6) is 11.5 Å². The summed E-state index contributed by atoms with van der Waals surface area (Å²) in [5.74, 6) is 1.37. The van der Waals surface area contributed by atoms with Crippen molar-refractivity contribution in [1.82, 2.24) is 20.2 Å². The van der Waals surface area contributed by atoms with E-state index in [0.29, 0.717) is 29.0 Å². The molecule has 0 unspecified atom stereocenters. The third-order valence-corrected chi connectivity index (χ3v) is 4.98.